The summed E-state index contributed by atoms with van der Waals surface area (Å²) in [6.45, 7) is 1.64. The van der Waals surface area contributed by atoms with Crippen molar-refractivity contribution in [3.05, 3.63) is 0 Å². The Morgan fingerprint density at radius 1 is 1.23 bits per heavy atom. The van der Waals surface area contributed by atoms with E-state index in [1.807, 2.05) is 0 Å². The third kappa shape index (κ3) is 3.98. The van der Waals surface area contributed by atoms with Crippen LogP contribution in [0.25, 0.3) is 0 Å². The van der Waals surface area contributed by atoms with Crippen molar-refractivity contribution in [2.75, 3.05) is 0 Å². The van der Waals surface area contributed by atoms with Crippen LogP contribution in [0, 0.1) is 5.92 Å². The van der Waals surface area contributed by atoms with E-state index in [0.29, 0.717) is 0 Å². The largest absolute Gasteiger partial charge is 0.390 e. The van der Waals surface area contributed by atoms with Crippen molar-refractivity contribution in [3.8, 4) is 0 Å². The molecular formula is C9H15F3O. The molecule has 0 amide bonds. The Labute approximate surface area is 75.9 Å². The number of aliphatic hydroxyl groups is 1. The lowest BCUT2D eigenvalue weighted by Gasteiger charge is -2.22. The molecule has 0 heterocycles. The highest BCUT2D eigenvalue weighted by Crippen LogP contribution is 2.42. The maximum Gasteiger partial charge on any atom is 0.389 e. The lowest BCUT2D eigenvalue weighted by Crippen LogP contribution is -2.27. The monoisotopic (exact) mass is 196 g/mol. The van der Waals surface area contributed by atoms with Gasteiger partial charge in [-0.1, -0.05) is 0 Å². The van der Waals surface area contributed by atoms with Gasteiger partial charge < -0.3 is 5.11 Å². The van der Waals surface area contributed by atoms with Crippen LogP contribution in [0.5, 0.6) is 0 Å². The second-order valence-electron chi connectivity index (χ2n) is 4.10. The van der Waals surface area contributed by atoms with Gasteiger partial charge in [-0.2, -0.15) is 13.2 Å². The summed E-state index contributed by atoms with van der Waals surface area (Å²) in [6.07, 6.45) is -2.66. The molecule has 1 rings (SSSR count). The molecule has 78 valence electrons. The van der Waals surface area contributed by atoms with Crippen molar-refractivity contribution < 1.29 is 18.3 Å². The van der Waals surface area contributed by atoms with E-state index in [1.165, 1.54) is 0 Å². The quantitative estimate of drug-likeness (QED) is 0.733. The molecule has 0 saturated heterocycles. The van der Waals surface area contributed by atoms with Gasteiger partial charge in [0, 0.05) is 6.42 Å². The number of rotatable bonds is 4. The maximum absolute atomic E-state index is 11.8. The lowest BCUT2D eigenvalue weighted by molar-refractivity contribution is -0.138. The molecular weight excluding hydrogens is 181 g/mol. The van der Waals surface area contributed by atoms with Crippen molar-refractivity contribution in [2.24, 2.45) is 5.92 Å². The Morgan fingerprint density at radius 3 is 2.15 bits per heavy atom. The van der Waals surface area contributed by atoms with Gasteiger partial charge in [0.05, 0.1) is 5.60 Å². The normalized spacial score (nSPS) is 22.8. The first-order chi connectivity index (χ1) is 5.81. The van der Waals surface area contributed by atoms with Gasteiger partial charge in [-0.15, -0.1) is 0 Å². The zero-order chi connectivity index (χ0) is 10.1. The van der Waals surface area contributed by atoms with E-state index in [2.05, 4.69) is 0 Å². The zero-order valence-electron chi connectivity index (χ0n) is 7.69. The third-order valence-electron chi connectivity index (χ3n) is 2.60. The van der Waals surface area contributed by atoms with E-state index in [1.54, 1.807) is 6.92 Å². The Balaban J connectivity index is 2.18. The summed E-state index contributed by atoms with van der Waals surface area (Å²) in [5.74, 6) is 0.237. The average molecular weight is 196 g/mol. The van der Waals surface area contributed by atoms with Gasteiger partial charge in [-0.05, 0) is 38.5 Å². The number of halogens is 3. The van der Waals surface area contributed by atoms with Crippen LogP contribution >= 0.6 is 0 Å². The summed E-state index contributed by atoms with van der Waals surface area (Å²) < 4.78 is 35.3. The first-order valence-corrected chi connectivity index (χ1v) is 4.60. The minimum Gasteiger partial charge on any atom is -0.390 e. The summed E-state index contributed by atoms with van der Waals surface area (Å²) in [7, 11) is 0. The minimum atomic E-state index is -4.08. The molecule has 13 heavy (non-hydrogen) atoms. The average Bonchev–Trinajstić information content (AvgIpc) is 2.62. The van der Waals surface area contributed by atoms with Crippen LogP contribution in [-0.2, 0) is 0 Å². The van der Waals surface area contributed by atoms with Gasteiger partial charge in [0.15, 0.2) is 0 Å². The summed E-state index contributed by atoms with van der Waals surface area (Å²) in [6, 6.07) is 0. The van der Waals surface area contributed by atoms with Crippen LogP contribution in [0.3, 0.4) is 0 Å². The summed E-state index contributed by atoms with van der Waals surface area (Å²) in [4.78, 5) is 0. The van der Waals surface area contributed by atoms with E-state index in [0.717, 1.165) is 12.8 Å². The van der Waals surface area contributed by atoms with E-state index in [-0.39, 0.29) is 18.8 Å². The highest BCUT2D eigenvalue weighted by atomic mass is 19.4. The molecule has 0 aliphatic heterocycles. The Kier molecular flexibility index (Phi) is 2.90. The van der Waals surface area contributed by atoms with E-state index < -0.39 is 18.2 Å². The van der Waals surface area contributed by atoms with Gasteiger partial charge in [0.2, 0.25) is 0 Å². The van der Waals surface area contributed by atoms with E-state index >= 15 is 0 Å². The molecule has 0 aromatic rings. The first-order valence-electron chi connectivity index (χ1n) is 4.60. The molecule has 1 N–H and O–H groups in total. The van der Waals surface area contributed by atoms with Crippen LogP contribution in [0.1, 0.15) is 39.0 Å². The molecule has 1 fully saturated rings. The van der Waals surface area contributed by atoms with Crippen molar-refractivity contribution in [1.82, 2.24) is 0 Å². The van der Waals surface area contributed by atoms with Crippen molar-refractivity contribution in [3.63, 3.8) is 0 Å². The second kappa shape index (κ2) is 3.48. The van der Waals surface area contributed by atoms with E-state index in [4.69, 9.17) is 0 Å². The second-order valence-corrected chi connectivity index (χ2v) is 4.10. The highest BCUT2D eigenvalue weighted by Gasteiger charge is 2.40. The van der Waals surface area contributed by atoms with Gasteiger partial charge in [0.1, 0.15) is 0 Å². The SMILES string of the molecule is CC(O)(CCCC(F)(F)F)C1CC1. The molecule has 0 radical (unpaired) electrons. The summed E-state index contributed by atoms with van der Waals surface area (Å²) in [5.41, 5.74) is -0.870. The Hall–Kier alpha value is -0.250. The van der Waals surface area contributed by atoms with Crippen LogP contribution < -0.4 is 0 Å². The Bertz CT molecular complexity index is 170. The van der Waals surface area contributed by atoms with Gasteiger partial charge >= 0.3 is 6.18 Å². The molecule has 1 nitrogen and oxygen atoms in total. The lowest BCUT2D eigenvalue weighted by atomic mass is 9.93. The Morgan fingerprint density at radius 2 is 1.77 bits per heavy atom. The predicted molar refractivity (Wildman–Crippen MR) is 43.3 cm³/mol. The maximum atomic E-state index is 11.8. The predicted octanol–water partition coefficient (Wildman–Crippen LogP) is 2.88. The van der Waals surface area contributed by atoms with Gasteiger partial charge in [0.25, 0.3) is 0 Å². The van der Waals surface area contributed by atoms with Crippen molar-refractivity contribution in [1.29, 1.82) is 0 Å². The summed E-state index contributed by atoms with van der Waals surface area (Å²) in [5, 5.41) is 9.68. The van der Waals surface area contributed by atoms with Crippen LogP contribution in [0.4, 0.5) is 13.2 Å². The third-order valence-corrected chi connectivity index (χ3v) is 2.60. The topological polar surface area (TPSA) is 20.2 Å². The zero-order valence-corrected chi connectivity index (χ0v) is 7.69. The molecule has 0 aromatic heterocycles. The standard InChI is InChI=1S/C9H15F3O/c1-8(13,7-3-4-7)5-2-6-9(10,11)12/h7,13H,2-6H2,1H3. The fourth-order valence-corrected chi connectivity index (χ4v) is 1.56. The fourth-order valence-electron chi connectivity index (χ4n) is 1.56. The molecule has 1 aliphatic carbocycles. The molecule has 0 spiro atoms. The molecule has 1 aliphatic rings. The summed E-state index contributed by atoms with van der Waals surface area (Å²) >= 11 is 0. The minimum absolute atomic E-state index is 0.0347. The molecule has 1 atom stereocenters. The molecule has 1 saturated carbocycles. The van der Waals surface area contributed by atoms with Crippen LogP contribution in [0.15, 0.2) is 0 Å². The number of alkyl halides is 3. The number of hydrogen-bond donors (Lipinski definition) is 1. The fraction of sp³-hybridized carbons (Fsp3) is 1.00. The van der Waals surface area contributed by atoms with Gasteiger partial charge in [-0.25, -0.2) is 0 Å². The van der Waals surface area contributed by atoms with Gasteiger partial charge in [-0.3, -0.25) is 0 Å². The first kappa shape index (κ1) is 10.8. The highest BCUT2D eigenvalue weighted by molar-refractivity contribution is 4.91. The van der Waals surface area contributed by atoms with Crippen molar-refractivity contribution in [2.45, 2.75) is 50.8 Å². The molecule has 1 unspecified atom stereocenters. The smallest absolute Gasteiger partial charge is 0.389 e. The molecule has 4 heteroatoms. The molecule has 0 aromatic carbocycles. The molecule has 0 bridgehead atoms. The van der Waals surface area contributed by atoms with Crippen LogP contribution in [-0.4, -0.2) is 16.9 Å². The van der Waals surface area contributed by atoms with E-state index in [9.17, 15) is 18.3 Å². The van der Waals surface area contributed by atoms with Crippen molar-refractivity contribution >= 4 is 0 Å². The number of hydrogen-bond acceptors (Lipinski definition) is 1. The van der Waals surface area contributed by atoms with Crippen LogP contribution in [0.2, 0.25) is 0 Å².